The Hall–Kier alpha value is -2.17. The highest BCUT2D eigenvalue weighted by Crippen LogP contribution is 2.16. The maximum atomic E-state index is 7.15. The van der Waals surface area contributed by atoms with Gasteiger partial charge in [-0.25, -0.2) is 0 Å². The van der Waals surface area contributed by atoms with Crippen molar-refractivity contribution in [3.05, 3.63) is 36.9 Å². The average molecular weight is 201 g/mol. The van der Waals surface area contributed by atoms with E-state index in [1.54, 1.807) is 23.3 Å². The molecule has 5 nitrogen and oxygen atoms in total. The zero-order valence-corrected chi connectivity index (χ0v) is 8.09. The number of pyridine rings is 1. The van der Waals surface area contributed by atoms with Gasteiger partial charge in [-0.05, 0) is 6.07 Å². The molecule has 0 saturated carbocycles. The molecule has 2 aromatic rings. The lowest BCUT2D eigenvalue weighted by molar-refractivity contribution is 0.718. The second kappa shape index (κ2) is 3.91. The predicted octanol–water partition coefficient (Wildman–Crippen LogP) is 0.881. The highest BCUT2D eigenvalue weighted by atomic mass is 15.3. The summed E-state index contributed by atoms with van der Waals surface area (Å²) in [6.45, 7) is 0.320. The van der Waals surface area contributed by atoms with Gasteiger partial charge in [0.05, 0.1) is 12.7 Å². The van der Waals surface area contributed by atoms with Crippen LogP contribution < -0.4 is 5.73 Å². The summed E-state index contributed by atoms with van der Waals surface area (Å²) in [7, 11) is 0. The summed E-state index contributed by atoms with van der Waals surface area (Å²) in [6.07, 6.45) is 7.08. The molecule has 0 unspecified atom stereocenters. The van der Waals surface area contributed by atoms with Crippen molar-refractivity contribution in [3.63, 3.8) is 0 Å². The van der Waals surface area contributed by atoms with E-state index in [1.807, 2.05) is 18.3 Å². The van der Waals surface area contributed by atoms with Gasteiger partial charge in [0.1, 0.15) is 5.84 Å². The molecular formula is C10H11N5. The molecule has 0 aliphatic rings. The van der Waals surface area contributed by atoms with E-state index in [2.05, 4.69) is 10.1 Å². The lowest BCUT2D eigenvalue weighted by Crippen LogP contribution is -2.17. The molecule has 0 aliphatic heterocycles. The van der Waals surface area contributed by atoms with Gasteiger partial charge in [0.25, 0.3) is 0 Å². The maximum Gasteiger partial charge on any atom is 0.113 e. The van der Waals surface area contributed by atoms with Crippen molar-refractivity contribution < 1.29 is 0 Å². The summed E-state index contributed by atoms with van der Waals surface area (Å²) >= 11 is 0. The molecule has 0 amide bonds. The first kappa shape index (κ1) is 9.39. The quantitative estimate of drug-likeness (QED) is 0.571. The molecule has 76 valence electrons. The van der Waals surface area contributed by atoms with Crippen LogP contribution in [0.15, 0.2) is 36.9 Å². The van der Waals surface area contributed by atoms with Gasteiger partial charge in [-0.3, -0.25) is 15.1 Å². The average Bonchev–Trinajstić information content (AvgIpc) is 2.67. The molecule has 0 atom stereocenters. The first-order valence-corrected chi connectivity index (χ1v) is 4.51. The molecular weight excluding hydrogens is 190 g/mol. The number of hydrogen-bond donors (Lipinski definition) is 2. The van der Waals surface area contributed by atoms with Gasteiger partial charge in [-0.1, -0.05) is 6.07 Å². The smallest absolute Gasteiger partial charge is 0.113 e. The minimum absolute atomic E-state index is 0.0934. The van der Waals surface area contributed by atoms with Crippen molar-refractivity contribution in [1.82, 2.24) is 14.8 Å². The minimum Gasteiger partial charge on any atom is -0.386 e. The highest BCUT2D eigenvalue weighted by Gasteiger charge is 2.01. The van der Waals surface area contributed by atoms with E-state index >= 15 is 0 Å². The topological polar surface area (TPSA) is 80.6 Å². The van der Waals surface area contributed by atoms with Crippen molar-refractivity contribution in [1.29, 1.82) is 5.41 Å². The fraction of sp³-hybridized carbons (Fsp3) is 0.100. The molecule has 15 heavy (non-hydrogen) atoms. The van der Waals surface area contributed by atoms with Crippen LogP contribution in [0.3, 0.4) is 0 Å². The molecule has 3 N–H and O–H groups in total. The lowest BCUT2D eigenvalue weighted by Gasteiger charge is -1.97. The van der Waals surface area contributed by atoms with E-state index in [4.69, 9.17) is 11.1 Å². The van der Waals surface area contributed by atoms with Gasteiger partial charge < -0.3 is 5.73 Å². The zero-order chi connectivity index (χ0) is 10.7. The Morgan fingerprint density at radius 1 is 1.40 bits per heavy atom. The van der Waals surface area contributed by atoms with Crippen molar-refractivity contribution in [2.75, 3.05) is 0 Å². The third-order valence-electron chi connectivity index (χ3n) is 1.96. The predicted molar refractivity (Wildman–Crippen MR) is 57.4 cm³/mol. The van der Waals surface area contributed by atoms with E-state index in [-0.39, 0.29) is 5.84 Å². The van der Waals surface area contributed by atoms with Crippen LogP contribution in [0.4, 0.5) is 0 Å². The van der Waals surface area contributed by atoms with Gasteiger partial charge in [0, 0.05) is 29.7 Å². The first-order valence-electron chi connectivity index (χ1n) is 4.51. The van der Waals surface area contributed by atoms with Gasteiger partial charge in [0.2, 0.25) is 0 Å². The summed E-state index contributed by atoms with van der Waals surface area (Å²) < 4.78 is 1.63. The normalized spacial score (nSPS) is 10.1. The molecule has 2 rings (SSSR count). The van der Waals surface area contributed by atoms with Crippen LogP contribution in [0, 0.1) is 5.41 Å². The summed E-state index contributed by atoms with van der Waals surface area (Å²) in [4.78, 5) is 4.03. The van der Waals surface area contributed by atoms with Crippen molar-refractivity contribution >= 4 is 5.84 Å². The summed E-state index contributed by atoms with van der Waals surface area (Å²) in [5, 5.41) is 11.3. The molecule has 0 spiro atoms. The highest BCUT2D eigenvalue weighted by molar-refractivity contribution is 5.76. The third kappa shape index (κ3) is 2.19. The molecule has 0 fully saturated rings. The Labute approximate surface area is 87.1 Å². The van der Waals surface area contributed by atoms with Gasteiger partial charge in [-0.2, -0.15) is 5.10 Å². The number of nitrogens with zero attached hydrogens (tertiary/aromatic N) is 3. The fourth-order valence-electron chi connectivity index (χ4n) is 1.31. The monoisotopic (exact) mass is 201 g/mol. The SMILES string of the molecule is N=C(N)Cn1cc(-c2cccnc2)cn1. The van der Waals surface area contributed by atoms with Crippen molar-refractivity contribution in [2.45, 2.75) is 6.54 Å². The second-order valence-electron chi connectivity index (χ2n) is 3.19. The van der Waals surface area contributed by atoms with Crippen LogP contribution >= 0.6 is 0 Å². The number of hydrogen-bond acceptors (Lipinski definition) is 3. The second-order valence-corrected chi connectivity index (χ2v) is 3.19. The Bertz CT molecular complexity index is 460. The van der Waals surface area contributed by atoms with Crippen LogP contribution in [0.1, 0.15) is 0 Å². The standard InChI is InChI=1S/C10H11N5/c11-10(12)7-15-6-9(5-14-15)8-2-1-3-13-4-8/h1-6H,7H2,(H3,11,12). The van der Waals surface area contributed by atoms with Crippen LogP contribution in [0.2, 0.25) is 0 Å². The van der Waals surface area contributed by atoms with Crippen LogP contribution in [0.25, 0.3) is 11.1 Å². The third-order valence-corrected chi connectivity index (χ3v) is 1.96. The molecule has 0 radical (unpaired) electrons. The van der Waals surface area contributed by atoms with E-state index in [1.165, 1.54) is 0 Å². The van der Waals surface area contributed by atoms with Crippen molar-refractivity contribution in [2.24, 2.45) is 5.73 Å². The van der Waals surface area contributed by atoms with E-state index in [9.17, 15) is 0 Å². The fourth-order valence-corrected chi connectivity index (χ4v) is 1.31. The zero-order valence-electron chi connectivity index (χ0n) is 8.09. The number of amidine groups is 1. The van der Waals surface area contributed by atoms with Gasteiger partial charge in [-0.15, -0.1) is 0 Å². The van der Waals surface area contributed by atoms with E-state index in [0.29, 0.717) is 6.54 Å². The van der Waals surface area contributed by atoms with Gasteiger partial charge in [0.15, 0.2) is 0 Å². The summed E-state index contributed by atoms with van der Waals surface area (Å²) in [5.41, 5.74) is 7.27. The molecule has 2 heterocycles. The lowest BCUT2D eigenvalue weighted by atomic mass is 10.2. The molecule has 0 aromatic carbocycles. The summed E-state index contributed by atoms with van der Waals surface area (Å²) in [6, 6.07) is 3.83. The number of rotatable bonds is 3. The number of aromatic nitrogens is 3. The van der Waals surface area contributed by atoms with Gasteiger partial charge >= 0.3 is 0 Å². The van der Waals surface area contributed by atoms with Crippen LogP contribution in [0.5, 0.6) is 0 Å². The van der Waals surface area contributed by atoms with E-state index in [0.717, 1.165) is 11.1 Å². The van der Waals surface area contributed by atoms with E-state index < -0.39 is 0 Å². The van der Waals surface area contributed by atoms with Crippen LogP contribution in [-0.4, -0.2) is 20.6 Å². The molecule has 2 aromatic heterocycles. The molecule has 0 saturated heterocycles. The minimum atomic E-state index is 0.0934. The molecule has 5 heteroatoms. The summed E-state index contributed by atoms with van der Waals surface area (Å²) in [5.74, 6) is 0.0934. The number of nitrogens with one attached hydrogen (secondary N) is 1. The first-order chi connectivity index (χ1) is 7.25. The van der Waals surface area contributed by atoms with Crippen LogP contribution in [-0.2, 0) is 6.54 Å². The Kier molecular flexibility index (Phi) is 2.45. The Balaban J connectivity index is 2.24. The molecule has 0 bridgehead atoms. The Morgan fingerprint density at radius 3 is 2.93 bits per heavy atom. The number of nitrogens with two attached hydrogens (primary N) is 1. The Morgan fingerprint density at radius 2 is 2.27 bits per heavy atom. The largest absolute Gasteiger partial charge is 0.386 e. The van der Waals surface area contributed by atoms with Crippen molar-refractivity contribution in [3.8, 4) is 11.1 Å². The molecule has 0 aliphatic carbocycles. The maximum absolute atomic E-state index is 7.15.